The fourth-order valence-corrected chi connectivity index (χ4v) is 1.08. The summed E-state index contributed by atoms with van der Waals surface area (Å²) in [6.07, 6.45) is -2.82. The van der Waals surface area contributed by atoms with E-state index >= 15 is 0 Å². The lowest BCUT2D eigenvalue weighted by Crippen LogP contribution is -2.40. The van der Waals surface area contributed by atoms with Crippen molar-refractivity contribution in [3.05, 3.63) is 23.8 Å². The Morgan fingerprint density at radius 3 is 2.43 bits per heavy atom. The first-order valence-electron chi connectivity index (χ1n) is 3.96. The second-order valence-corrected chi connectivity index (χ2v) is 3.26. The van der Waals surface area contributed by atoms with Crippen molar-refractivity contribution in [3.8, 4) is 11.5 Å². The van der Waals surface area contributed by atoms with Gasteiger partial charge in [-0.05, 0) is 13.0 Å². The van der Waals surface area contributed by atoms with Gasteiger partial charge >= 0.3 is 0 Å². The molecule has 0 fully saturated rings. The zero-order chi connectivity index (χ0) is 10.9. The van der Waals surface area contributed by atoms with Crippen molar-refractivity contribution in [2.24, 2.45) is 5.73 Å². The topological polar surface area (TPSA) is 66.5 Å². The molecule has 14 heavy (non-hydrogen) atoms. The highest BCUT2D eigenvalue weighted by molar-refractivity contribution is 5.47. The largest absolute Gasteiger partial charge is 0.504 e. The number of hydrogen-bond donors (Lipinski definition) is 3. The Morgan fingerprint density at radius 2 is 1.93 bits per heavy atom. The molecule has 1 unspecified atom stereocenters. The van der Waals surface area contributed by atoms with Crippen LogP contribution in [0.2, 0.25) is 0 Å². The first kappa shape index (κ1) is 10.7. The summed E-state index contributed by atoms with van der Waals surface area (Å²) < 4.78 is 25.0. The molecule has 0 aliphatic carbocycles. The molecular formula is C9H11F2NO2. The van der Waals surface area contributed by atoms with Crippen molar-refractivity contribution in [1.29, 1.82) is 0 Å². The van der Waals surface area contributed by atoms with E-state index in [1.54, 1.807) is 0 Å². The van der Waals surface area contributed by atoms with Crippen LogP contribution >= 0.6 is 0 Å². The van der Waals surface area contributed by atoms with Crippen molar-refractivity contribution in [1.82, 2.24) is 0 Å². The number of rotatable bonds is 2. The first-order valence-corrected chi connectivity index (χ1v) is 3.96. The second-order valence-electron chi connectivity index (χ2n) is 3.26. The Kier molecular flexibility index (Phi) is 2.62. The van der Waals surface area contributed by atoms with Crippen LogP contribution in [0.4, 0.5) is 8.78 Å². The number of para-hydroxylation sites is 1. The molecule has 0 heterocycles. The van der Waals surface area contributed by atoms with E-state index in [2.05, 4.69) is 0 Å². The minimum Gasteiger partial charge on any atom is -0.504 e. The Hall–Kier alpha value is -1.36. The van der Waals surface area contributed by atoms with Crippen LogP contribution in [0, 0.1) is 0 Å². The van der Waals surface area contributed by atoms with Crippen LogP contribution in [-0.4, -0.2) is 16.6 Å². The quantitative estimate of drug-likeness (QED) is 0.638. The van der Waals surface area contributed by atoms with Gasteiger partial charge in [0.05, 0.1) is 0 Å². The van der Waals surface area contributed by atoms with E-state index in [1.807, 2.05) is 0 Å². The molecule has 3 nitrogen and oxygen atoms in total. The number of halogens is 2. The van der Waals surface area contributed by atoms with Crippen LogP contribution in [0.25, 0.3) is 0 Å². The molecule has 78 valence electrons. The van der Waals surface area contributed by atoms with Crippen molar-refractivity contribution in [2.75, 3.05) is 0 Å². The molecule has 0 saturated heterocycles. The van der Waals surface area contributed by atoms with Crippen LogP contribution < -0.4 is 5.73 Å². The van der Waals surface area contributed by atoms with Gasteiger partial charge in [-0.2, -0.15) is 0 Å². The molecule has 0 aromatic heterocycles. The Balaban J connectivity index is 3.26. The maximum absolute atomic E-state index is 12.5. The van der Waals surface area contributed by atoms with Gasteiger partial charge in [0.25, 0.3) is 6.43 Å². The number of nitrogens with two attached hydrogens (primary N) is 1. The van der Waals surface area contributed by atoms with Crippen molar-refractivity contribution < 1.29 is 19.0 Å². The van der Waals surface area contributed by atoms with Crippen LogP contribution in [0.1, 0.15) is 12.5 Å². The van der Waals surface area contributed by atoms with Crippen molar-refractivity contribution in [3.63, 3.8) is 0 Å². The number of alkyl halides is 2. The smallest absolute Gasteiger partial charge is 0.260 e. The highest BCUT2D eigenvalue weighted by Gasteiger charge is 2.35. The SMILES string of the molecule is CC(N)(c1cccc(O)c1O)C(F)F. The average molecular weight is 203 g/mol. The fourth-order valence-electron chi connectivity index (χ4n) is 1.08. The Morgan fingerprint density at radius 1 is 1.36 bits per heavy atom. The summed E-state index contributed by atoms with van der Waals surface area (Å²) in [5, 5.41) is 18.4. The lowest BCUT2D eigenvalue weighted by Gasteiger charge is -2.24. The van der Waals surface area contributed by atoms with Crippen LogP contribution in [0.3, 0.4) is 0 Å². The Bertz CT molecular complexity index is 340. The van der Waals surface area contributed by atoms with Crippen LogP contribution in [-0.2, 0) is 5.54 Å². The van der Waals surface area contributed by atoms with Crippen LogP contribution in [0.5, 0.6) is 11.5 Å². The molecule has 0 aliphatic heterocycles. The van der Waals surface area contributed by atoms with Crippen molar-refractivity contribution in [2.45, 2.75) is 18.9 Å². The molecule has 4 N–H and O–H groups in total. The first-order chi connectivity index (χ1) is 6.37. The summed E-state index contributed by atoms with van der Waals surface area (Å²) in [6.45, 7) is 1.09. The highest BCUT2D eigenvalue weighted by Crippen LogP contribution is 2.37. The van der Waals surface area contributed by atoms with Gasteiger partial charge in [0.1, 0.15) is 5.54 Å². The number of benzene rings is 1. The molecule has 0 bridgehead atoms. The molecule has 0 saturated carbocycles. The van der Waals surface area contributed by atoms with Crippen molar-refractivity contribution >= 4 is 0 Å². The normalized spacial score (nSPS) is 15.5. The number of phenols is 2. The minimum absolute atomic E-state index is 0.174. The van der Waals surface area contributed by atoms with E-state index in [0.717, 1.165) is 6.92 Å². The zero-order valence-electron chi connectivity index (χ0n) is 7.54. The average Bonchev–Trinajstić information content (AvgIpc) is 2.09. The summed E-state index contributed by atoms with van der Waals surface area (Å²) in [4.78, 5) is 0. The summed E-state index contributed by atoms with van der Waals surface area (Å²) in [5.41, 5.74) is 3.19. The third-order valence-corrected chi connectivity index (χ3v) is 2.05. The lowest BCUT2D eigenvalue weighted by molar-refractivity contribution is 0.0609. The standard InChI is InChI=1S/C9H11F2NO2/c1-9(12,8(10)11)5-3-2-4-6(13)7(5)14/h2-4,8,13-14H,12H2,1H3. The van der Waals surface area contributed by atoms with Gasteiger partial charge < -0.3 is 15.9 Å². The molecule has 5 heteroatoms. The molecule has 1 aromatic carbocycles. The molecule has 0 spiro atoms. The van der Waals surface area contributed by atoms with Gasteiger partial charge in [0.15, 0.2) is 11.5 Å². The fraction of sp³-hybridized carbons (Fsp3) is 0.333. The summed E-state index contributed by atoms with van der Waals surface area (Å²) in [6, 6.07) is 3.79. The van der Waals surface area contributed by atoms with E-state index in [-0.39, 0.29) is 5.56 Å². The van der Waals surface area contributed by atoms with Gasteiger partial charge in [-0.3, -0.25) is 0 Å². The number of phenolic OH excluding ortho intramolecular Hbond substituents is 2. The van der Waals surface area contributed by atoms with E-state index in [0.29, 0.717) is 0 Å². The van der Waals surface area contributed by atoms with Gasteiger partial charge in [-0.1, -0.05) is 12.1 Å². The maximum Gasteiger partial charge on any atom is 0.260 e. The molecular weight excluding hydrogens is 192 g/mol. The lowest BCUT2D eigenvalue weighted by atomic mass is 9.92. The molecule has 1 rings (SSSR count). The Labute approximate surface area is 79.8 Å². The molecule has 1 atom stereocenters. The summed E-state index contributed by atoms with van der Waals surface area (Å²) in [5.74, 6) is -1.06. The van der Waals surface area contributed by atoms with Crippen LogP contribution in [0.15, 0.2) is 18.2 Å². The van der Waals surface area contributed by atoms with E-state index < -0.39 is 23.5 Å². The van der Waals surface area contributed by atoms with Gasteiger partial charge in [0, 0.05) is 5.56 Å². The van der Waals surface area contributed by atoms with E-state index in [9.17, 15) is 13.9 Å². The zero-order valence-corrected chi connectivity index (χ0v) is 7.54. The highest BCUT2D eigenvalue weighted by atomic mass is 19.3. The van der Waals surface area contributed by atoms with Gasteiger partial charge in [-0.25, -0.2) is 8.78 Å². The monoisotopic (exact) mass is 203 g/mol. The summed E-state index contributed by atoms with van der Waals surface area (Å²) >= 11 is 0. The summed E-state index contributed by atoms with van der Waals surface area (Å²) in [7, 11) is 0. The molecule has 0 radical (unpaired) electrons. The number of aromatic hydroxyl groups is 2. The molecule has 0 amide bonds. The van der Waals surface area contributed by atoms with E-state index in [4.69, 9.17) is 10.8 Å². The van der Waals surface area contributed by atoms with E-state index in [1.165, 1.54) is 18.2 Å². The molecule has 0 aliphatic rings. The maximum atomic E-state index is 12.5. The predicted octanol–water partition coefficient (Wildman–Crippen LogP) is 1.54. The van der Waals surface area contributed by atoms with Gasteiger partial charge in [0.2, 0.25) is 0 Å². The second kappa shape index (κ2) is 3.42. The number of hydrogen-bond acceptors (Lipinski definition) is 3. The third kappa shape index (κ3) is 1.63. The third-order valence-electron chi connectivity index (χ3n) is 2.05. The van der Waals surface area contributed by atoms with Gasteiger partial charge in [-0.15, -0.1) is 0 Å². The molecule has 1 aromatic rings. The predicted molar refractivity (Wildman–Crippen MR) is 47.3 cm³/mol. The minimum atomic E-state index is -2.82.